The van der Waals surface area contributed by atoms with Gasteiger partial charge in [0, 0.05) is 31.7 Å². The largest absolute Gasteiger partial charge is 0.382 e. The molecule has 3 nitrogen and oxygen atoms in total. The smallest absolute Gasteiger partial charge is 0.115 e. The van der Waals surface area contributed by atoms with Crippen LogP contribution in [0.25, 0.3) is 0 Å². The number of nitrogens with one attached hydrogen (secondary N) is 1. The predicted molar refractivity (Wildman–Crippen MR) is 78.6 cm³/mol. The first-order valence-corrected chi connectivity index (χ1v) is 7.72. The summed E-state index contributed by atoms with van der Waals surface area (Å²) in [5.74, 6) is 0.988. The lowest BCUT2D eigenvalue weighted by Crippen LogP contribution is -2.18. The highest BCUT2D eigenvalue weighted by molar-refractivity contribution is 7.99. The van der Waals surface area contributed by atoms with Crippen LogP contribution < -0.4 is 5.32 Å². The van der Waals surface area contributed by atoms with Crippen molar-refractivity contribution in [2.24, 2.45) is 0 Å². The van der Waals surface area contributed by atoms with Gasteiger partial charge in [-0.25, -0.2) is 4.98 Å². The van der Waals surface area contributed by atoms with Gasteiger partial charge in [-0.15, -0.1) is 11.8 Å². The third kappa shape index (κ3) is 7.21. The summed E-state index contributed by atoms with van der Waals surface area (Å²) in [6.07, 6.45) is 4.06. The molecule has 5 heteroatoms. The minimum atomic E-state index is 0.735. The Labute approximate surface area is 119 Å². The van der Waals surface area contributed by atoms with Gasteiger partial charge in [0.2, 0.25) is 0 Å². The molecule has 0 bridgehead atoms. The lowest BCUT2D eigenvalue weighted by Gasteiger charge is -2.05. The fourth-order valence-corrected chi connectivity index (χ4v) is 2.49. The van der Waals surface area contributed by atoms with E-state index in [1.54, 1.807) is 18.0 Å². The van der Waals surface area contributed by atoms with Gasteiger partial charge >= 0.3 is 0 Å². The molecule has 0 amide bonds. The van der Waals surface area contributed by atoms with E-state index in [0.29, 0.717) is 0 Å². The van der Waals surface area contributed by atoms with Crippen molar-refractivity contribution in [3.8, 4) is 0 Å². The molecular weight excluding hydrogens is 268 g/mol. The normalized spacial score (nSPS) is 10.8. The molecule has 1 heterocycles. The number of halogens is 1. The van der Waals surface area contributed by atoms with Crippen molar-refractivity contribution < 1.29 is 4.74 Å². The summed E-state index contributed by atoms with van der Waals surface area (Å²) < 4.78 is 5.28. The van der Waals surface area contributed by atoms with Gasteiger partial charge in [0.1, 0.15) is 5.03 Å². The summed E-state index contributed by atoms with van der Waals surface area (Å²) >= 11 is 7.71. The van der Waals surface area contributed by atoms with Crippen LogP contribution in [0.2, 0.25) is 5.02 Å². The van der Waals surface area contributed by atoms with Crippen molar-refractivity contribution in [3.63, 3.8) is 0 Å². The fourth-order valence-electron chi connectivity index (χ4n) is 1.42. The van der Waals surface area contributed by atoms with Crippen molar-refractivity contribution in [2.45, 2.75) is 24.8 Å². The van der Waals surface area contributed by atoms with Crippen molar-refractivity contribution in [1.82, 2.24) is 10.3 Å². The summed E-state index contributed by atoms with van der Waals surface area (Å²) in [6.45, 7) is 5.74. The van der Waals surface area contributed by atoms with E-state index < -0.39 is 0 Å². The summed E-state index contributed by atoms with van der Waals surface area (Å²) in [5.41, 5.74) is 0. The number of hydrogen-bond acceptors (Lipinski definition) is 4. The summed E-state index contributed by atoms with van der Waals surface area (Å²) in [6, 6.07) is 3.72. The predicted octanol–water partition coefficient (Wildman–Crippen LogP) is 3.23. The Morgan fingerprint density at radius 2 is 2.28 bits per heavy atom. The van der Waals surface area contributed by atoms with Crippen LogP contribution in [-0.4, -0.2) is 37.0 Å². The number of hydrogen-bond donors (Lipinski definition) is 1. The van der Waals surface area contributed by atoms with Crippen LogP contribution in [0.3, 0.4) is 0 Å². The van der Waals surface area contributed by atoms with E-state index in [9.17, 15) is 0 Å². The zero-order valence-corrected chi connectivity index (χ0v) is 12.4. The average Bonchev–Trinajstić information content (AvgIpc) is 2.39. The second-order valence-electron chi connectivity index (χ2n) is 3.79. The minimum Gasteiger partial charge on any atom is -0.382 e. The Morgan fingerprint density at radius 1 is 1.39 bits per heavy atom. The van der Waals surface area contributed by atoms with Crippen molar-refractivity contribution in [1.29, 1.82) is 0 Å². The highest BCUT2D eigenvalue weighted by Crippen LogP contribution is 2.23. The van der Waals surface area contributed by atoms with Gasteiger partial charge in [-0.2, -0.15) is 0 Å². The molecule has 0 saturated carbocycles. The zero-order valence-electron chi connectivity index (χ0n) is 10.8. The molecule has 1 aromatic rings. The Hall–Kier alpha value is -0.290. The maximum atomic E-state index is 6.02. The van der Waals surface area contributed by atoms with Gasteiger partial charge in [-0.3, -0.25) is 0 Å². The zero-order chi connectivity index (χ0) is 13.1. The van der Waals surface area contributed by atoms with Gasteiger partial charge in [-0.1, -0.05) is 11.6 Å². The molecule has 0 aliphatic heterocycles. The van der Waals surface area contributed by atoms with E-state index in [1.165, 1.54) is 0 Å². The summed E-state index contributed by atoms with van der Waals surface area (Å²) in [7, 11) is 0. The van der Waals surface area contributed by atoms with Crippen LogP contribution in [0.1, 0.15) is 19.8 Å². The van der Waals surface area contributed by atoms with E-state index in [0.717, 1.165) is 54.9 Å². The Bertz CT molecular complexity index is 326. The molecule has 0 atom stereocenters. The first kappa shape index (κ1) is 15.8. The van der Waals surface area contributed by atoms with Gasteiger partial charge in [0.15, 0.2) is 0 Å². The van der Waals surface area contributed by atoms with E-state index in [-0.39, 0.29) is 0 Å². The van der Waals surface area contributed by atoms with Gasteiger partial charge < -0.3 is 10.1 Å². The van der Waals surface area contributed by atoms with Crippen LogP contribution in [0.15, 0.2) is 23.4 Å². The monoisotopic (exact) mass is 288 g/mol. The van der Waals surface area contributed by atoms with Crippen LogP contribution in [0.5, 0.6) is 0 Å². The van der Waals surface area contributed by atoms with Gasteiger partial charge in [0.05, 0.1) is 5.02 Å². The van der Waals surface area contributed by atoms with Crippen molar-refractivity contribution in [3.05, 3.63) is 23.4 Å². The molecular formula is C13H21ClN2OS. The SMILES string of the molecule is CCOCCCCNCCSc1ncccc1Cl. The number of nitrogens with zero attached hydrogens (tertiary/aromatic N) is 1. The van der Waals surface area contributed by atoms with Crippen LogP contribution >= 0.6 is 23.4 Å². The number of aromatic nitrogens is 1. The molecule has 1 N–H and O–H groups in total. The summed E-state index contributed by atoms with van der Waals surface area (Å²) in [5, 5.41) is 5.05. The first-order chi connectivity index (χ1) is 8.84. The van der Waals surface area contributed by atoms with E-state index >= 15 is 0 Å². The number of rotatable bonds is 10. The van der Waals surface area contributed by atoms with Crippen LogP contribution in [0, 0.1) is 0 Å². The molecule has 1 rings (SSSR count). The van der Waals surface area contributed by atoms with Crippen molar-refractivity contribution in [2.75, 3.05) is 32.1 Å². The highest BCUT2D eigenvalue weighted by Gasteiger charge is 2.00. The molecule has 0 aromatic carbocycles. The Morgan fingerprint density at radius 3 is 3.06 bits per heavy atom. The highest BCUT2D eigenvalue weighted by atomic mass is 35.5. The summed E-state index contributed by atoms with van der Waals surface area (Å²) in [4.78, 5) is 4.23. The minimum absolute atomic E-state index is 0.735. The molecule has 18 heavy (non-hydrogen) atoms. The lowest BCUT2D eigenvalue weighted by molar-refractivity contribution is 0.143. The van der Waals surface area contributed by atoms with Crippen molar-refractivity contribution >= 4 is 23.4 Å². The quantitative estimate of drug-likeness (QED) is 0.529. The Balaban J connectivity index is 1.94. The molecule has 102 valence electrons. The standard InChI is InChI=1S/C13H21ClN2OS/c1-2-17-10-4-3-7-15-9-11-18-13-12(14)6-5-8-16-13/h5-6,8,15H,2-4,7,9-11H2,1H3. The van der Waals surface area contributed by atoms with Crippen LogP contribution in [0.4, 0.5) is 0 Å². The number of ether oxygens (including phenoxy) is 1. The van der Waals surface area contributed by atoms with E-state index in [2.05, 4.69) is 10.3 Å². The van der Waals surface area contributed by atoms with E-state index in [1.807, 2.05) is 19.1 Å². The molecule has 0 aliphatic rings. The molecule has 0 unspecified atom stereocenters. The number of unbranched alkanes of at least 4 members (excludes halogenated alkanes) is 1. The molecule has 0 spiro atoms. The lowest BCUT2D eigenvalue weighted by atomic mass is 10.3. The second-order valence-corrected chi connectivity index (χ2v) is 5.28. The maximum Gasteiger partial charge on any atom is 0.115 e. The number of thioether (sulfide) groups is 1. The fraction of sp³-hybridized carbons (Fsp3) is 0.615. The molecule has 1 aromatic heterocycles. The first-order valence-electron chi connectivity index (χ1n) is 6.36. The van der Waals surface area contributed by atoms with Gasteiger partial charge in [0.25, 0.3) is 0 Å². The molecule has 0 saturated heterocycles. The van der Waals surface area contributed by atoms with Gasteiger partial charge in [-0.05, 0) is 38.4 Å². The van der Waals surface area contributed by atoms with Crippen LogP contribution in [-0.2, 0) is 4.74 Å². The topological polar surface area (TPSA) is 34.1 Å². The Kier molecular flexibility index (Phi) is 9.30. The molecule has 0 fully saturated rings. The van der Waals surface area contributed by atoms with E-state index in [4.69, 9.17) is 16.3 Å². The third-order valence-corrected chi connectivity index (χ3v) is 3.76. The third-order valence-electron chi connectivity index (χ3n) is 2.34. The maximum absolute atomic E-state index is 6.02. The second kappa shape index (κ2) is 10.6. The average molecular weight is 289 g/mol. The molecule has 0 radical (unpaired) electrons. The molecule has 0 aliphatic carbocycles. The number of pyridine rings is 1.